The number of rotatable bonds is 5. The second-order valence-corrected chi connectivity index (χ2v) is 7.55. The van der Waals surface area contributed by atoms with Crippen molar-refractivity contribution in [3.63, 3.8) is 0 Å². The molecule has 3 aromatic rings. The number of carbonyl (C=O) groups excluding carboxylic acids is 2. The lowest BCUT2D eigenvalue weighted by Gasteiger charge is -2.29. The van der Waals surface area contributed by atoms with Gasteiger partial charge in [0.2, 0.25) is 5.91 Å². The van der Waals surface area contributed by atoms with Crippen LogP contribution in [0.5, 0.6) is 0 Å². The van der Waals surface area contributed by atoms with Gasteiger partial charge in [-0.1, -0.05) is 6.07 Å². The zero-order valence-electron chi connectivity index (χ0n) is 18.4. The van der Waals surface area contributed by atoms with Crippen LogP contribution in [-0.2, 0) is 11.3 Å². The fraction of sp³-hybridized carbons (Fsp3) is 0.300. The van der Waals surface area contributed by atoms with Crippen molar-refractivity contribution in [1.82, 2.24) is 30.3 Å². The number of aryl methyl sites for hydroxylation is 1. The third-order valence-corrected chi connectivity index (χ3v) is 4.92. The van der Waals surface area contributed by atoms with Gasteiger partial charge >= 0.3 is 6.18 Å². The zero-order chi connectivity index (χ0) is 24.6. The summed E-state index contributed by atoms with van der Waals surface area (Å²) in [4.78, 5) is 30.4. The molecule has 4 rings (SSSR count). The summed E-state index contributed by atoms with van der Waals surface area (Å²) in [5.74, 6) is -0.733. The predicted molar refractivity (Wildman–Crippen MR) is 116 cm³/mol. The van der Waals surface area contributed by atoms with Gasteiger partial charge in [-0.2, -0.15) is 18.3 Å². The Morgan fingerprint density at radius 3 is 2.65 bits per heavy atom. The van der Waals surface area contributed by atoms with E-state index in [0.29, 0.717) is 18.1 Å². The number of anilines is 4. The quantitative estimate of drug-likeness (QED) is 0.513. The van der Waals surface area contributed by atoms with Crippen LogP contribution in [0.2, 0.25) is 0 Å². The lowest BCUT2D eigenvalue weighted by molar-refractivity contribution is -0.150. The molecule has 14 heteroatoms. The molecular weight excluding hydrogens is 455 g/mol. The van der Waals surface area contributed by atoms with E-state index in [4.69, 9.17) is 0 Å². The second kappa shape index (κ2) is 8.61. The van der Waals surface area contributed by atoms with Gasteiger partial charge in [0.1, 0.15) is 12.2 Å². The fourth-order valence-corrected chi connectivity index (χ4v) is 3.60. The number of nitrogens with zero attached hydrogens (tertiary/aromatic N) is 6. The van der Waals surface area contributed by atoms with E-state index in [1.54, 1.807) is 23.7 Å². The number of benzene rings is 1. The summed E-state index contributed by atoms with van der Waals surface area (Å²) < 4.78 is 39.3. The predicted octanol–water partition coefficient (Wildman–Crippen LogP) is 2.31. The second-order valence-electron chi connectivity index (χ2n) is 7.55. The Labute approximate surface area is 191 Å². The minimum absolute atomic E-state index is 0.107. The first-order valence-electron chi connectivity index (χ1n) is 10.1. The number of nitrogens with one attached hydrogen (secondary N) is 3. The first-order valence-corrected chi connectivity index (χ1v) is 10.1. The standard InChI is InChI=1S/C20H20F3N9O2/c1-10-25-15-9-31(3)18-11(5-4-6-13(18)32(15)30-10)26-12-7-14(27-16(33)8-20(21,22)23)28-29-17(12)19(34)24-2/h4-7H,8-9H2,1-3H3,(H,24,34)(H2,26,27,28,33). The summed E-state index contributed by atoms with van der Waals surface area (Å²) in [7, 11) is 3.27. The van der Waals surface area contributed by atoms with Crippen LogP contribution in [0.25, 0.3) is 5.69 Å². The molecule has 0 atom stereocenters. The van der Waals surface area contributed by atoms with E-state index in [2.05, 4.69) is 36.2 Å². The molecule has 0 spiro atoms. The van der Waals surface area contributed by atoms with Crippen molar-refractivity contribution in [2.24, 2.45) is 0 Å². The van der Waals surface area contributed by atoms with E-state index in [0.717, 1.165) is 17.2 Å². The minimum atomic E-state index is -4.67. The van der Waals surface area contributed by atoms with Crippen molar-refractivity contribution >= 4 is 34.7 Å². The van der Waals surface area contributed by atoms with Crippen LogP contribution in [0, 0.1) is 6.92 Å². The Morgan fingerprint density at radius 2 is 1.94 bits per heavy atom. The smallest absolute Gasteiger partial charge is 0.364 e. The van der Waals surface area contributed by atoms with Crippen LogP contribution in [0.15, 0.2) is 24.3 Å². The highest BCUT2D eigenvalue weighted by Gasteiger charge is 2.31. The molecule has 0 unspecified atom stereocenters. The largest absolute Gasteiger partial charge is 0.397 e. The van der Waals surface area contributed by atoms with Crippen LogP contribution < -0.4 is 20.9 Å². The number of carbonyl (C=O) groups is 2. The molecule has 0 aliphatic carbocycles. The molecular formula is C20H20F3N9O2. The molecule has 11 nitrogen and oxygen atoms in total. The van der Waals surface area contributed by atoms with Crippen LogP contribution in [0.3, 0.4) is 0 Å². The minimum Gasteiger partial charge on any atom is -0.364 e. The van der Waals surface area contributed by atoms with Crippen LogP contribution in [0.1, 0.15) is 28.6 Å². The molecule has 1 aliphatic heterocycles. The van der Waals surface area contributed by atoms with E-state index in [-0.39, 0.29) is 17.2 Å². The molecule has 34 heavy (non-hydrogen) atoms. The highest BCUT2D eigenvalue weighted by molar-refractivity contribution is 6.00. The Balaban J connectivity index is 1.72. The van der Waals surface area contributed by atoms with E-state index in [9.17, 15) is 22.8 Å². The van der Waals surface area contributed by atoms with Crippen LogP contribution in [-0.4, -0.2) is 57.0 Å². The molecule has 1 aromatic carbocycles. The first kappa shape index (κ1) is 22.9. The van der Waals surface area contributed by atoms with E-state index >= 15 is 0 Å². The molecule has 2 amide bonds. The molecule has 0 radical (unpaired) electrons. The maximum atomic E-state index is 12.5. The van der Waals surface area contributed by atoms with Gasteiger partial charge in [-0.15, -0.1) is 10.2 Å². The van der Waals surface area contributed by atoms with Crippen molar-refractivity contribution in [2.45, 2.75) is 26.1 Å². The van der Waals surface area contributed by atoms with Gasteiger partial charge in [-0.3, -0.25) is 9.59 Å². The zero-order valence-corrected chi connectivity index (χ0v) is 18.4. The molecule has 3 heterocycles. The van der Waals surface area contributed by atoms with Gasteiger partial charge in [0.05, 0.1) is 29.3 Å². The van der Waals surface area contributed by atoms with Crippen molar-refractivity contribution in [3.8, 4) is 5.69 Å². The lowest BCUT2D eigenvalue weighted by Crippen LogP contribution is -2.27. The molecule has 0 bridgehead atoms. The number of aromatic nitrogens is 5. The summed E-state index contributed by atoms with van der Waals surface area (Å²) in [5, 5.41) is 19.5. The van der Waals surface area contributed by atoms with Crippen LogP contribution in [0.4, 0.5) is 36.1 Å². The molecule has 2 aromatic heterocycles. The van der Waals surface area contributed by atoms with Crippen molar-refractivity contribution < 1.29 is 22.8 Å². The molecule has 3 N–H and O–H groups in total. The van der Waals surface area contributed by atoms with E-state index < -0.39 is 24.4 Å². The first-order chi connectivity index (χ1) is 16.1. The Kier molecular flexibility index (Phi) is 5.81. The topological polar surface area (TPSA) is 130 Å². The third-order valence-electron chi connectivity index (χ3n) is 4.92. The molecule has 0 saturated heterocycles. The maximum absolute atomic E-state index is 12.5. The summed E-state index contributed by atoms with van der Waals surface area (Å²) in [6.07, 6.45) is -6.35. The summed E-state index contributed by atoms with van der Waals surface area (Å²) in [5.41, 5.74) is 2.10. The molecule has 178 valence electrons. The number of alkyl halides is 3. The summed E-state index contributed by atoms with van der Waals surface area (Å²) >= 11 is 0. The number of para-hydroxylation sites is 1. The summed E-state index contributed by atoms with van der Waals surface area (Å²) in [6, 6.07) is 6.65. The van der Waals surface area contributed by atoms with Crippen molar-refractivity contribution in [1.29, 1.82) is 0 Å². The average Bonchev–Trinajstić information content (AvgIpc) is 3.12. The van der Waals surface area contributed by atoms with Crippen molar-refractivity contribution in [2.75, 3.05) is 29.6 Å². The van der Waals surface area contributed by atoms with Crippen LogP contribution >= 0.6 is 0 Å². The van der Waals surface area contributed by atoms with E-state index in [1.165, 1.54) is 13.1 Å². The van der Waals surface area contributed by atoms with Gasteiger partial charge < -0.3 is 20.9 Å². The number of fused-ring (bicyclic) bond motifs is 3. The highest BCUT2D eigenvalue weighted by atomic mass is 19.4. The van der Waals surface area contributed by atoms with Gasteiger partial charge in [-0.05, 0) is 19.1 Å². The Morgan fingerprint density at radius 1 is 1.18 bits per heavy atom. The SMILES string of the molecule is CNC(=O)c1nnc(NC(=O)CC(F)(F)F)cc1Nc1cccc2c1N(C)Cc1nc(C)nn1-2. The Hall–Kier alpha value is -4.23. The molecule has 0 fully saturated rings. The molecule has 0 saturated carbocycles. The van der Waals surface area contributed by atoms with Gasteiger partial charge in [-0.25, -0.2) is 9.67 Å². The fourth-order valence-electron chi connectivity index (χ4n) is 3.60. The monoisotopic (exact) mass is 475 g/mol. The van der Waals surface area contributed by atoms with Crippen molar-refractivity contribution in [3.05, 3.63) is 41.6 Å². The third kappa shape index (κ3) is 4.60. The molecule has 1 aliphatic rings. The number of amides is 2. The van der Waals surface area contributed by atoms with E-state index in [1.807, 2.05) is 18.0 Å². The number of halogens is 3. The van der Waals surface area contributed by atoms with Gasteiger partial charge in [0, 0.05) is 20.2 Å². The lowest BCUT2D eigenvalue weighted by atomic mass is 10.1. The highest BCUT2D eigenvalue weighted by Crippen LogP contribution is 2.38. The maximum Gasteiger partial charge on any atom is 0.397 e. The summed E-state index contributed by atoms with van der Waals surface area (Å²) in [6.45, 7) is 2.27. The number of hydrogen-bond donors (Lipinski definition) is 3. The normalized spacial score (nSPS) is 12.6. The van der Waals surface area contributed by atoms with Gasteiger partial charge in [0.15, 0.2) is 17.3 Å². The van der Waals surface area contributed by atoms with Gasteiger partial charge in [0.25, 0.3) is 5.91 Å². The average molecular weight is 475 g/mol. The Bertz CT molecular complexity index is 1270. The number of hydrogen-bond acceptors (Lipinski definition) is 8.